The Labute approximate surface area is 126 Å². The number of carbonyl (C=O) groups excluding carboxylic acids is 1. The van der Waals surface area contributed by atoms with E-state index in [1.54, 1.807) is 7.11 Å². The number of ether oxygens (including phenoxy) is 2. The van der Waals surface area contributed by atoms with E-state index in [2.05, 4.69) is 24.1 Å². The second-order valence-electron chi connectivity index (χ2n) is 5.71. The van der Waals surface area contributed by atoms with Crippen molar-refractivity contribution in [1.82, 2.24) is 4.90 Å². The molecule has 1 heterocycles. The summed E-state index contributed by atoms with van der Waals surface area (Å²) < 4.78 is 10.4. The first kappa shape index (κ1) is 15.6. The lowest BCUT2D eigenvalue weighted by Gasteiger charge is -2.30. The maximum absolute atomic E-state index is 12.4. The van der Waals surface area contributed by atoms with Crippen LogP contribution < -0.4 is 10.1 Å². The van der Waals surface area contributed by atoms with Crippen molar-refractivity contribution in [2.24, 2.45) is 0 Å². The third-order valence-corrected chi connectivity index (χ3v) is 4.09. The Morgan fingerprint density at radius 3 is 2.62 bits per heavy atom. The molecule has 2 rings (SSSR count). The highest BCUT2D eigenvalue weighted by molar-refractivity contribution is 5.86. The van der Waals surface area contributed by atoms with Crippen molar-refractivity contribution in [2.75, 3.05) is 32.6 Å². The number of anilines is 1. The van der Waals surface area contributed by atoms with Crippen molar-refractivity contribution in [1.29, 1.82) is 0 Å². The number of hydrogen-bond donors (Lipinski definition) is 1. The van der Waals surface area contributed by atoms with Gasteiger partial charge in [0.1, 0.15) is 11.3 Å². The Balaban J connectivity index is 2.28. The SMILES string of the molecule is COC(=O)C1(Nc2ccccc2OC)CCN(C(C)C)C1. The number of nitrogens with zero attached hydrogens (tertiary/aromatic N) is 1. The van der Waals surface area contributed by atoms with Gasteiger partial charge in [-0.3, -0.25) is 4.90 Å². The van der Waals surface area contributed by atoms with Crippen molar-refractivity contribution in [3.05, 3.63) is 24.3 Å². The second-order valence-corrected chi connectivity index (χ2v) is 5.71. The molecule has 1 unspecified atom stereocenters. The Kier molecular flexibility index (Phi) is 4.73. The van der Waals surface area contributed by atoms with Crippen LogP contribution in [0, 0.1) is 0 Å². The number of nitrogens with one attached hydrogen (secondary N) is 1. The third kappa shape index (κ3) is 3.13. The molecule has 1 N–H and O–H groups in total. The summed E-state index contributed by atoms with van der Waals surface area (Å²) >= 11 is 0. The Morgan fingerprint density at radius 2 is 2.05 bits per heavy atom. The number of esters is 1. The van der Waals surface area contributed by atoms with E-state index in [1.165, 1.54) is 7.11 Å². The molecule has 1 fully saturated rings. The average Bonchev–Trinajstić information content (AvgIpc) is 2.92. The molecule has 1 aromatic rings. The highest BCUT2D eigenvalue weighted by atomic mass is 16.5. The number of para-hydroxylation sites is 2. The van der Waals surface area contributed by atoms with Gasteiger partial charge in [-0.1, -0.05) is 12.1 Å². The minimum Gasteiger partial charge on any atom is -0.495 e. The molecule has 1 atom stereocenters. The molecule has 1 aromatic carbocycles. The molecule has 5 nitrogen and oxygen atoms in total. The number of rotatable bonds is 5. The summed E-state index contributed by atoms with van der Waals surface area (Å²) in [6, 6.07) is 8.02. The smallest absolute Gasteiger partial charge is 0.332 e. The molecule has 21 heavy (non-hydrogen) atoms. The fraction of sp³-hybridized carbons (Fsp3) is 0.562. The van der Waals surface area contributed by atoms with Crippen molar-refractivity contribution in [3.8, 4) is 5.75 Å². The Hall–Kier alpha value is -1.75. The molecule has 0 saturated carbocycles. The monoisotopic (exact) mass is 292 g/mol. The number of likely N-dealkylation sites (tertiary alicyclic amines) is 1. The van der Waals surface area contributed by atoms with Gasteiger partial charge in [0.2, 0.25) is 0 Å². The van der Waals surface area contributed by atoms with Gasteiger partial charge in [-0.2, -0.15) is 0 Å². The molecule has 0 radical (unpaired) electrons. The number of benzene rings is 1. The van der Waals surface area contributed by atoms with Gasteiger partial charge in [-0.25, -0.2) is 4.79 Å². The number of carbonyl (C=O) groups is 1. The first-order valence-electron chi connectivity index (χ1n) is 7.26. The average molecular weight is 292 g/mol. The Bertz CT molecular complexity index is 504. The fourth-order valence-electron chi connectivity index (χ4n) is 2.80. The van der Waals surface area contributed by atoms with Gasteiger partial charge in [0.25, 0.3) is 0 Å². The van der Waals surface area contributed by atoms with Crippen LogP contribution in [0.25, 0.3) is 0 Å². The second kappa shape index (κ2) is 6.35. The quantitative estimate of drug-likeness (QED) is 0.843. The lowest BCUT2D eigenvalue weighted by Crippen LogP contribution is -2.50. The minimum absolute atomic E-state index is 0.225. The molecule has 0 bridgehead atoms. The largest absolute Gasteiger partial charge is 0.495 e. The van der Waals surface area contributed by atoms with Gasteiger partial charge in [-0.15, -0.1) is 0 Å². The summed E-state index contributed by atoms with van der Waals surface area (Å²) in [7, 11) is 3.06. The fourth-order valence-corrected chi connectivity index (χ4v) is 2.80. The molecule has 1 aliphatic rings. The van der Waals surface area contributed by atoms with Gasteiger partial charge < -0.3 is 14.8 Å². The Morgan fingerprint density at radius 1 is 1.33 bits per heavy atom. The van der Waals surface area contributed by atoms with Crippen LogP contribution in [0.2, 0.25) is 0 Å². The van der Waals surface area contributed by atoms with E-state index in [4.69, 9.17) is 9.47 Å². The molecule has 0 aliphatic carbocycles. The summed E-state index contributed by atoms with van der Waals surface area (Å²) in [5.41, 5.74) is 0.101. The zero-order valence-corrected chi connectivity index (χ0v) is 13.2. The van der Waals surface area contributed by atoms with Gasteiger partial charge in [0, 0.05) is 19.1 Å². The summed E-state index contributed by atoms with van der Waals surface area (Å²) in [6.45, 7) is 5.78. The van der Waals surface area contributed by atoms with Crippen LogP contribution in [-0.2, 0) is 9.53 Å². The normalized spacial score (nSPS) is 22.3. The van der Waals surface area contributed by atoms with Crippen molar-refractivity contribution >= 4 is 11.7 Å². The summed E-state index contributed by atoms with van der Waals surface area (Å²) in [4.78, 5) is 14.6. The van der Waals surface area contributed by atoms with E-state index >= 15 is 0 Å². The highest BCUT2D eigenvalue weighted by Gasteiger charge is 2.46. The zero-order chi connectivity index (χ0) is 15.5. The molecule has 5 heteroatoms. The van der Waals surface area contributed by atoms with Gasteiger partial charge in [-0.05, 0) is 32.4 Å². The molecule has 0 spiro atoms. The van der Waals surface area contributed by atoms with Crippen LogP contribution in [0.1, 0.15) is 20.3 Å². The molecule has 0 amide bonds. The predicted molar refractivity (Wildman–Crippen MR) is 82.7 cm³/mol. The van der Waals surface area contributed by atoms with Crippen LogP contribution in [0.3, 0.4) is 0 Å². The van der Waals surface area contributed by atoms with Crippen LogP contribution >= 0.6 is 0 Å². The first-order chi connectivity index (χ1) is 10.0. The molecule has 0 aromatic heterocycles. The van der Waals surface area contributed by atoms with Gasteiger partial charge in [0.05, 0.1) is 19.9 Å². The van der Waals surface area contributed by atoms with Crippen LogP contribution in [0.15, 0.2) is 24.3 Å². The van der Waals surface area contributed by atoms with Crippen molar-refractivity contribution in [2.45, 2.75) is 31.8 Å². The maximum Gasteiger partial charge on any atom is 0.332 e. The lowest BCUT2D eigenvalue weighted by molar-refractivity contribution is -0.145. The summed E-state index contributed by atoms with van der Waals surface area (Å²) in [5, 5.41) is 3.37. The standard InChI is InChI=1S/C16H24N2O3/c1-12(2)18-10-9-16(11-18,15(19)21-4)17-13-7-5-6-8-14(13)20-3/h5-8,12,17H,9-11H2,1-4H3. The number of methoxy groups -OCH3 is 2. The molecule has 1 aliphatic heterocycles. The van der Waals surface area contributed by atoms with Crippen LogP contribution in [0.4, 0.5) is 5.69 Å². The predicted octanol–water partition coefficient (Wildman–Crippen LogP) is 2.13. The first-order valence-corrected chi connectivity index (χ1v) is 7.26. The van der Waals surface area contributed by atoms with Crippen LogP contribution in [0.5, 0.6) is 5.75 Å². The molecule has 116 valence electrons. The summed E-state index contributed by atoms with van der Waals surface area (Å²) in [5.74, 6) is 0.500. The summed E-state index contributed by atoms with van der Waals surface area (Å²) in [6.07, 6.45) is 0.718. The van der Waals surface area contributed by atoms with E-state index in [1.807, 2.05) is 24.3 Å². The molecular weight excluding hydrogens is 268 g/mol. The lowest BCUT2D eigenvalue weighted by atomic mass is 9.98. The third-order valence-electron chi connectivity index (χ3n) is 4.09. The van der Waals surface area contributed by atoms with Gasteiger partial charge in [0.15, 0.2) is 0 Å². The van der Waals surface area contributed by atoms with Gasteiger partial charge >= 0.3 is 5.97 Å². The molecular formula is C16H24N2O3. The highest BCUT2D eigenvalue weighted by Crippen LogP contribution is 2.32. The van der Waals surface area contributed by atoms with E-state index in [0.717, 1.165) is 24.4 Å². The van der Waals surface area contributed by atoms with Crippen molar-refractivity contribution < 1.29 is 14.3 Å². The maximum atomic E-state index is 12.4. The minimum atomic E-state index is -0.715. The van der Waals surface area contributed by atoms with Crippen molar-refractivity contribution in [3.63, 3.8) is 0 Å². The van der Waals surface area contributed by atoms with E-state index in [9.17, 15) is 4.79 Å². The zero-order valence-electron chi connectivity index (χ0n) is 13.2. The van der Waals surface area contributed by atoms with E-state index < -0.39 is 5.54 Å². The number of hydrogen-bond acceptors (Lipinski definition) is 5. The van der Waals surface area contributed by atoms with E-state index in [0.29, 0.717) is 12.6 Å². The molecule has 1 saturated heterocycles. The van der Waals surface area contributed by atoms with Crippen LogP contribution in [-0.4, -0.2) is 49.8 Å². The topological polar surface area (TPSA) is 50.8 Å². The van der Waals surface area contributed by atoms with E-state index in [-0.39, 0.29) is 5.97 Å².